The lowest BCUT2D eigenvalue weighted by Gasteiger charge is -2.04. The number of hydrazine groups is 1. The summed E-state index contributed by atoms with van der Waals surface area (Å²) in [4.78, 5) is 12.2. The van der Waals surface area contributed by atoms with Crippen LogP contribution in [0.15, 0.2) is 33.6 Å². The number of hydrogen-bond acceptors (Lipinski definition) is 4. The molecule has 1 heterocycles. The molecule has 2 aromatic rings. The van der Waals surface area contributed by atoms with Gasteiger partial charge in [-0.2, -0.15) is 0 Å². The zero-order valence-corrected chi connectivity index (χ0v) is 12.9. The number of hydrogen-bond donors (Lipinski definition) is 2. The Kier molecular flexibility index (Phi) is 4.99. The van der Waals surface area contributed by atoms with Gasteiger partial charge in [-0.3, -0.25) is 10.2 Å². The van der Waals surface area contributed by atoms with Crippen LogP contribution in [0.25, 0.3) is 0 Å². The molecule has 0 saturated heterocycles. The Morgan fingerprint density at radius 1 is 1.40 bits per heavy atom. The fraction of sp³-hybridized carbons (Fsp3) is 0.154. The summed E-state index contributed by atoms with van der Waals surface area (Å²) in [6.07, 6.45) is 0. The molecule has 1 aromatic heterocycles. The second-order valence-electron chi connectivity index (χ2n) is 4.04. The Morgan fingerprint density at radius 2 is 2.05 bits per heavy atom. The normalized spacial score (nSPS) is 10.6. The first-order chi connectivity index (χ1) is 9.52. The van der Waals surface area contributed by atoms with Crippen molar-refractivity contribution < 1.29 is 9.21 Å². The first kappa shape index (κ1) is 15.3. The second kappa shape index (κ2) is 6.54. The molecule has 4 nitrogen and oxygen atoms in total. The fourth-order valence-electron chi connectivity index (χ4n) is 1.67. The molecular weight excluding hydrogens is 319 g/mol. The van der Waals surface area contributed by atoms with E-state index in [-0.39, 0.29) is 5.76 Å². The predicted molar refractivity (Wildman–Crippen MR) is 81.1 cm³/mol. The van der Waals surface area contributed by atoms with Crippen LogP contribution in [0.1, 0.15) is 21.9 Å². The van der Waals surface area contributed by atoms with Gasteiger partial charge in [-0.1, -0.05) is 29.3 Å². The molecule has 0 saturated carbocycles. The molecule has 2 rings (SSSR count). The molecule has 7 heteroatoms. The van der Waals surface area contributed by atoms with Gasteiger partial charge >= 0.3 is 5.91 Å². The summed E-state index contributed by atoms with van der Waals surface area (Å²) in [6, 6.07) is 7.13. The molecule has 0 unspecified atom stereocenters. The van der Waals surface area contributed by atoms with Gasteiger partial charge in [0.05, 0.1) is 15.8 Å². The van der Waals surface area contributed by atoms with Crippen molar-refractivity contribution in [2.45, 2.75) is 17.6 Å². The number of carbonyl (C=O) groups excluding carboxylic acids is 1. The third kappa shape index (κ3) is 3.30. The van der Waals surface area contributed by atoms with Gasteiger partial charge in [-0.15, -0.1) is 11.8 Å². The number of nitrogens with two attached hydrogens (primary N) is 1. The summed E-state index contributed by atoms with van der Waals surface area (Å²) in [6.45, 7) is 1.78. The highest BCUT2D eigenvalue weighted by atomic mass is 35.5. The van der Waals surface area contributed by atoms with Crippen LogP contribution in [-0.4, -0.2) is 5.91 Å². The average molecular weight is 331 g/mol. The van der Waals surface area contributed by atoms with Gasteiger partial charge in [-0.25, -0.2) is 5.84 Å². The van der Waals surface area contributed by atoms with E-state index < -0.39 is 5.91 Å². The molecule has 0 aliphatic rings. The van der Waals surface area contributed by atoms with Crippen molar-refractivity contribution in [2.75, 3.05) is 0 Å². The molecule has 1 aromatic carbocycles. The van der Waals surface area contributed by atoms with E-state index in [0.29, 0.717) is 21.6 Å². The van der Waals surface area contributed by atoms with E-state index in [2.05, 4.69) is 0 Å². The molecule has 0 aliphatic heterocycles. The van der Waals surface area contributed by atoms with Crippen LogP contribution in [0.3, 0.4) is 0 Å². The highest BCUT2D eigenvalue weighted by molar-refractivity contribution is 7.98. The van der Waals surface area contributed by atoms with Crippen molar-refractivity contribution in [1.82, 2.24) is 5.43 Å². The number of benzene rings is 1. The summed E-state index contributed by atoms with van der Waals surface area (Å²) in [5, 5.41) is 1.18. The highest BCUT2D eigenvalue weighted by Crippen LogP contribution is 2.36. The summed E-state index contributed by atoms with van der Waals surface area (Å²) >= 11 is 13.6. The molecule has 106 valence electrons. The number of halogens is 2. The monoisotopic (exact) mass is 330 g/mol. The molecule has 0 radical (unpaired) electrons. The molecule has 0 atom stereocenters. The number of furan rings is 1. The van der Waals surface area contributed by atoms with Crippen LogP contribution in [0.4, 0.5) is 0 Å². The van der Waals surface area contributed by atoms with Gasteiger partial charge in [0.25, 0.3) is 0 Å². The van der Waals surface area contributed by atoms with Gasteiger partial charge in [0.1, 0.15) is 5.76 Å². The van der Waals surface area contributed by atoms with Crippen molar-refractivity contribution >= 4 is 40.9 Å². The summed E-state index contributed by atoms with van der Waals surface area (Å²) in [7, 11) is 0. The van der Waals surface area contributed by atoms with Crippen molar-refractivity contribution in [1.29, 1.82) is 0 Å². The number of carbonyl (C=O) groups is 1. The first-order valence-electron chi connectivity index (χ1n) is 5.70. The van der Waals surface area contributed by atoms with Gasteiger partial charge in [0.2, 0.25) is 0 Å². The topological polar surface area (TPSA) is 68.3 Å². The van der Waals surface area contributed by atoms with Crippen LogP contribution in [0, 0.1) is 6.92 Å². The van der Waals surface area contributed by atoms with Crippen LogP contribution >= 0.6 is 35.0 Å². The van der Waals surface area contributed by atoms with Crippen molar-refractivity contribution in [2.24, 2.45) is 5.84 Å². The molecular formula is C13H12Cl2N2O2S. The van der Waals surface area contributed by atoms with Gasteiger partial charge in [-0.05, 0) is 25.1 Å². The third-order valence-corrected chi connectivity index (χ3v) is 4.60. The Labute approximate surface area is 130 Å². The Bertz CT molecular complexity index is 623. The second-order valence-corrected chi connectivity index (χ2v) is 5.84. The van der Waals surface area contributed by atoms with Crippen molar-refractivity contribution in [3.8, 4) is 0 Å². The maximum Gasteiger partial charge on any atom is 0.301 e. The summed E-state index contributed by atoms with van der Waals surface area (Å²) in [5.74, 6) is 6.02. The number of aryl methyl sites for hydroxylation is 1. The summed E-state index contributed by atoms with van der Waals surface area (Å²) < 4.78 is 5.47. The van der Waals surface area contributed by atoms with E-state index in [1.807, 2.05) is 5.43 Å². The zero-order valence-electron chi connectivity index (χ0n) is 10.6. The largest absolute Gasteiger partial charge is 0.455 e. The highest BCUT2D eigenvalue weighted by Gasteiger charge is 2.15. The minimum Gasteiger partial charge on any atom is -0.455 e. The predicted octanol–water partition coefficient (Wildman–Crippen LogP) is 3.79. The summed E-state index contributed by atoms with van der Waals surface area (Å²) in [5.41, 5.74) is 2.78. The molecule has 1 amide bonds. The number of nitrogen functional groups attached to an aromatic ring is 1. The molecule has 3 N–H and O–H groups in total. The maximum atomic E-state index is 11.5. The minimum absolute atomic E-state index is 0.216. The van der Waals surface area contributed by atoms with Crippen LogP contribution in [0.2, 0.25) is 10.0 Å². The Hall–Kier alpha value is -1.14. The molecule has 0 fully saturated rings. The minimum atomic E-state index is -0.450. The lowest BCUT2D eigenvalue weighted by molar-refractivity contribution is 0.0923. The van der Waals surface area contributed by atoms with E-state index in [0.717, 1.165) is 10.5 Å². The number of rotatable bonds is 4. The Morgan fingerprint density at radius 3 is 2.65 bits per heavy atom. The SMILES string of the molecule is Cc1cc(CSc2c(Cl)cccc2Cl)oc1C(=O)NN. The molecule has 20 heavy (non-hydrogen) atoms. The smallest absolute Gasteiger partial charge is 0.301 e. The van der Waals surface area contributed by atoms with Gasteiger partial charge in [0, 0.05) is 10.5 Å². The average Bonchev–Trinajstić information content (AvgIpc) is 2.78. The van der Waals surface area contributed by atoms with E-state index in [4.69, 9.17) is 33.5 Å². The first-order valence-corrected chi connectivity index (χ1v) is 7.44. The molecule has 0 aliphatic carbocycles. The number of thioether (sulfide) groups is 1. The van der Waals surface area contributed by atoms with Gasteiger partial charge in [0.15, 0.2) is 5.76 Å². The molecule has 0 bridgehead atoms. The van der Waals surface area contributed by atoms with Crippen LogP contribution in [0.5, 0.6) is 0 Å². The van der Waals surface area contributed by atoms with Crippen LogP contribution < -0.4 is 11.3 Å². The van der Waals surface area contributed by atoms with Crippen molar-refractivity contribution in [3.05, 3.63) is 51.4 Å². The van der Waals surface area contributed by atoms with E-state index in [9.17, 15) is 4.79 Å². The lowest BCUT2D eigenvalue weighted by Crippen LogP contribution is -2.30. The number of amides is 1. The van der Waals surface area contributed by atoms with Gasteiger partial charge < -0.3 is 4.42 Å². The fourth-order valence-corrected chi connectivity index (χ4v) is 3.24. The quantitative estimate of drug-likeness (QED) is 0.387. The van der Waals surface area contributed by atoms with Crippen LogP contribution in [-0.2, 0) is 5.75 Å². The lowest BCUT2D eigenvalue weighted by atomic mass is 10.2. The van der Waals surface area contributed by atoms with E-state index in [1.165, 1.54) is 11.8 Å². The van der Waals surface area contributed by atoms with E-state index in [1.54, 1.807) is 31.2 Å². The maximum absolute atomic E-state index is 11.5. The number of nitrogens with one attached hydrogen (secondary N) is 1. The standard InChI is InChI=1S/C13H12Cl2N2O2S/c1-7-5-8(19-11(7)13(18)17-16)6-20-12-9(14)3-2-4-10(12)15/h2-5H,6,16H2,1H3,(H,17,18). The third-order valence-electron chi connectivity index (χ3n) is 2.58. The zero-order chi connectivity index (χ0) is 14.7. The molecule has 0 spiro atoms. The van der Waals surface area contributed by atoms with Crippen molar-refractivity contribution in [3.63, 3.8) is 0 Å². The Balaban J connectivity index is 2.14. The van der Waals surface area contributed by atoms with E-state index >= 15 is 0 Å².